The van der Waals surface area contributed by atoms with Gasteiger partial charge in [-0.05, 0) is 36.6 Å². The Morgan fingerprint density at radius 3 is 2.71 bits per heavy atom. The number of aryl methyl sites for hydroxylation is 1. The Labute approximate surface area is 84.5 Å². The molecule has 0 aromatic heterocycles. The van der Waals surface area contributed by atoms with Crippen molar-refractivity contribution in [3.8, 4) is 5.75 Å². The van der Waals surface area contributed by atoms with Crippen molar-refractivity contribution in [2.75, 3.05) is 0 Å². The first-order valence-corrected chi connectivity index (χ1v) is 4.86. The van der Waals surface area contributed by atoms with Gasteiger partial charge in [0.25, 0.3) is 0 Å². The maximum absolute atomic E-state index is 9.41. The predicted octanol–water partition coefficient (Wildman–Crippen LogP) is 1.94. The summed E-state index contributed by atoms with van der Waals surface area (Å²) in [5.41, 5.74) is 1.95. The third kappa shape index (κ3) is 2.47. The maximum Gasteiger partial charge on any atom is 0.150 e. The van der Waals surface area contributed by atoms with Gasteiger partial charge in [-0.15, -0.1) is 0 Å². The summed E-state index contributed by atoms with van der Waals surface area (Å²) < 4.78 is 0. The predicted molar refractivity (Wildman–Crippen MR) is 55.9 cm³/mol. The summed E-state index contributed by atoms with van der Waals surface area (Å²) in [4.78, 5) is 4.75. The first-order chi connectivity index (χ1) is 6.69. The van der Waals surface area contributed by atoms with Crippen LogP contribution in [0, 0.1) is 0 Å². The zero-order valence-corrected chi connectivity index (χ0v) is 8.66. The van der Waals surface area contributed by atoms with E-state index >= 15 is 0 Å². The highest BCUT2D eigenvalue weighted by molar-refractivity contribution is 5.37. The van der Waals surface area contributed by atoms with E-state index in [0.29, 0.717) is 5.75 Å². The highest BCUT2D eigenvalue weighted by Gasteiger charge is 2.06. The highest BCUT2D eigenvalue weighted by Crippen LogP contribution is 2.23. The Balaban J connectivity index is 3.01. The van der Waals surface area contributed by atoms with Gasteiger partial charge in [0.05, 0.1) is 6.10 Å². The van der Waals surface area contributed by atoms with Crippen LogP contribution in [0.4, 0.5) is 0 Å². The summed E-state index contributed by atoms with van der Waals surface area (Å²) >= 11 is 0. The second-order valence-electron chi connectivity index (χ2n) is 3.41. The average Bonchev–Trinajstić information content (AvgIpc) is 2.18. The van der Waals surface area contributed by atoms with Crippen LogP contribution in [0.5, 0.6) is 5.75 Å². The Bertz CT molecular complexity index is 297. The van der Waals surface area contributed by atoms with Crippen LogP contribution in [0.25, 0.3) is 0 Å². The van der Waals surface area contributed by atoms with E-state index in [9.17, 15) is 5.11 Å². The van der Waals surface area contributed by atoms with Gasteiger partial charge >= 0.3 is 0 Å². The van der Waals surface area contributed by atoms with Crippen LogP contribution in [-0.4, -0.2) is 5.11 Å². The highest BCUT2D eigenvalue weighted by atomic mass is 16.6. The molecule has 0 amide bonds. The number of hydrogen-bond acceptors (Lipinski definition) is 3. The molecule has 1 rings (SSSR count). The minimum Gasteiger partial charge on any atom is -0.411 e. The molecule has 0 saturated carbocycles. The van der Waals surface area contributed by atoms with Crippen molar-refractivity contribution in [1.82, 2.24) is 0 Å². The SMILES string of the molecule is CCCc1cc(C(C)O)ccc1ON. The zero-order valence-electron chi connectivity index (χ0n) is 8.66. The minimum atomic E-state index is -0.447. The normalized spacial score (nSPS) is 12.6. The van der Waals surface area contributed by atoms with Gasteiger partial charge in [0, 0.05) is 0 Å². The molecule has 0 saturated heterocycles. The lowest BCUT2D eigenvalue weighted by molar-refractivity contribution is 0.199. The summed E-state index contributed by atoms with van der Waals surface area (Å²) in [5.74, 6) is 5.84. The lowest BCUT2D eigenvalue weighted by atomic mass is 10.0. The molecule has 1 atom stereocenters. The number of nitrogens with two attached hydrogens (primary N) is 1. The van der Waals surface area contributed by atoms with Gasteiger partial charge in [-0.25, -0.2) is 0 Å². The maximum atomic E-state index is 9.41. The van der Waals surface area contributed by atoms with Crippen molar-refractivity contribution >= 4 is 0 Å². The van der Waals surface area contributed by atoms with Crippen molar-refractivity contribution < 1.29 is 9.94 Å². The van der Waals surface area contributed by atoms with Gasteiger partial charge in [0.15, 0.2) is 0 Å². The molecular weight excluding hydrogens is 178 g/mol. The Kier molecular flexibility index (Phi) is 3.92. The smallest absolute Gasteiger partial charge is 0.150 e. The van der Waals surface area contributed by atoms with Crippen molar-refractivity contribution in [1.29, 1.82) is 0 Å². The number of hydrogen-bond donors (Lipinski definition) is 2. The molecule has 0 bridgehead atoms. The Morgan fingerprint density at radius 1 is 1.50 bits per heavy atom. The number of benzene rings is 1. The van der Waals surface area contributed by atoms with Crippen molar-refractivity contribution in [2.24, 2.45) is 5.90 Å². The van der Waals surface area contributed by atoms with Crippen LogP contribution in [0.1, 0.15) is 37.5 Å². The molecule has 0 heterocycles. The summed E-state index contributed by atoms with van der Waals surface area (Å²) in [6, 6.07) is 5.56. The molecule has 0 aliphatic carbocycles. The fourth-order valence-electron chi connectivity index (χ4n) is 1.44. The molecule has 0 aliphatic rings. The lowest BCUT2D eigenvalue weighted by Gasteiger charge is -2.10. The summed E-state index contributed by atoms with van der Waals surface area (Å²) in [7, 11) is 0. The van der Waals surface area contributed by atoms with Crippen LogP contribution >= 0.6 is 0 Å². The molecule has 0 radical (unpaired) electrons. The largest absolute Gasteiger partial charge is 0.411 e. The second kappa shape index (κ2) is 4.98. The summed E-state index contributed by atoms with van der Waals surface area (Å²) in [5, 5.41) is 9.41. The van der Waals surface area contributed by atoms with Crippen LogP contribution < -0.4 is 10.7 Å². The van der Waals surface area contributed by atoms with E-state index in [1.165, 1.54) is 0 Å². The molecule has 78 valence electrons. The topological polar surface area (TPSA) is 55.5 Å². The summed E-state index contributed by atoms with van der Waals surface area (Å²) in [6.07, 6.45) is 1.49. The van der Waals surface area contributed by atoms with Crippen LogP contribution in [-0.2, 0) is 6.42 Å². The van der Waals surface area contributed by atoms with Gasteiger partial charge in [-0.1, -0.05) is 19.4 Å². The van der Waals surface area contributed by atoms with Crippen LogP contribution in [0.3, 0.4) is 0 Å². The molecule has 14 heavy (non-hydrogen) atoms. The molecular formula is C11H17NO2. The quantitative estimate of drug-likeness (QED) is 0.722. The van der Waals surface area contributed by atoms with Crippen LogP contribution in [0.15, 0.2) is 18.2 Å². The molecule has 1 aromatic carbocycles. The van der Waals surface area contributed by atoms with E-state index in [-0.39, 0.29) is 0 Å². The van der Waals surface area contributed by atoms with Crippen LogP contribution in [0.2, 0.25) is 0 Å². The lowest BCUT2D eigenvalue weighted by Crippen LogP contribution is -2.05. The van der Waals surface area contributed by atoms with Gasteiger partial charge in [-0.3, -0.25) is 0 Å². The molecule has 0 spiro atoms. The van der Waals surface area contributed by atoms with E-state index in [1.54, 1.807) is 13.0 Å². The molecule has 1 unspecified atom stereocenters. The molecule has 1 aromatic rings. The van der Waals surface area contributed by atoms with E-state index < -0.39 is 6.10 Å². The van der Waals surface area contributed by atoms with E-state index in [0.717, 1.165) is 24.0 Å². The third-order valence-corrected chi connectivity index (χ3v) is 2.21. The van der Waals surface area contributed by atoms with E-state index in [2.05, 4.69) is 6.92 Å². The monoisotopic (exact) mass is 195 g/mol. The molecule has 3 N–H and O–H groups in total. The van der Waals surface area contributed by atoms with Gasteiger partial charge in [-0.2, -0.15) is 5.90 Å². The number of aliphatic hydroxyl groups excluding tert-OH is 1. The second-order valence-corrected chi connectivity index (χ2v) is 3.41. The molecule has 0 fully saturated rings. The molecule has 3 nitrogen and oxygen atoms in total. The van der Waals surface area contributed by atoms with Gasteiger partial charge < -0.3 is 9.94 Å². The summed E-state index contributed by atoms with van der Waals surface area (Å²) in [6.45, 7) is 3.84. The first-order valence-electron chi connectivity index (χ1n) is 4.86. The van der Waals surface area contributed by atoms with Crippen molar-refractivity contribution in [3.63, 3.8) is 0 Å². The van der Waals surface area contributed by atoms with E-state index in [4.69, 9.17) is 10.7 Å². The molecule has 3 heteroatoms. The average molecular weight is 195 g/mol. The Hall–Kier alpha value is -1.06. The fraction of sp³-hybridized carbons (Fsp3) is 0.455. The number of rotatable bonds is 4. The zero-order chi connectivity index (χ0) is 10.6. The molecule has 0 aliphatic heterocycles. The van der Waals surface area contributed by atoms with Gasteiger partial charge in [0.2, 0.25) is 0 Å². The van der Waals surface area contributed by atoms with Crippen molar-refractivity contribution in [3.05, 3.63) is 29.3 Å². The van der Waals surface area contributed by atoms with Gasteiger partial charge in [0.1, 0.15) is 5.75 Å². The first kappa shape index (κ1) is 11.0. The third-order valence-electron chi connectivity index (χ3n) is 2.21. The van der Waals surface area contributed by atoms with Crippen molar-refractivity contribution in [2.45, 2.75) is 32.8 Å². The van der Waals surface area contributed by atoms with E-state index in [1.807, 2.05) is 12.1 Å². The Morgan fingerprint density at radius 2 is 2.21 bits per heavy atom. The number of aliphatic hydroxyl groups is 1. The minimum absolute atomic E-state index is 0.447. The fourth-order valence-corrected chi connectivity index (χ4v) is 1.44. The standard InChI is InChI=1S/C11H17NO2/c1-3-4-10-7-9(8(2)13)5-6-11(10)14-12/h5-8,13H,3-4,12H2,1-2H3.